The lowest BCUT2D eigenvalue weighted by molar-refractivity contribution is 0.0524. The number of pyridine rings is 1. The number of hydrogen-bond acceptors (Lipinski definition) is 4. The summed E-state index contributed by atoms with van der Waals surface area (Å²) < 4.78 is 11.3. The molecule has 0 aliphatic rings. The number of esters is 1. The summed E-state index contributed by atoms with van der Waals surface area (Å²) in [6.07, 6.45) is 2.85. The summed E-state index contributed by atoms with van der Waals surface area (Å²) in [5.74, 6) is -0.392. The van der Waals surface area contributed by atoms with Crippen molar-refractivity contribution < 1.29 is 14.0 Å². The summed E-state index contributed by atoms with van der Waals surface area (Å²) in [5.41, 5.74) is 1.62. The molecule has 1 rings (SSSR count). The minimum Gasteiger partial charge on any atom is -0.462 e. The standard InChI is InChI=1S/C18H31NO4Si/c1-8-22-17(21)15-12-19-16(20)13(2)14(15)10-9-11-23-24(6,7)18(3,4)5/h12H,8-11H2,1-7H3,(H,19,20). The van der Waals surface area contributed by atoms with Crippen LogP contribution in [0, 0.1) is 6.92 Å². The Labute approximate surface area is 145 Å². The van der Waals surface area contributed by atoms with Crippen LogP contribution < -0.4 is 5.56 Å². The first-order valence-corrected chi connectivity index (χ1v) is 11.4. The molecule has 136 valence electrons. The van der Waals surface area contributed by atoms with Crippen LogP contribution in [0.1, 0.15) is 55.6 Å². The van der Waals surface area contributed by atoms with Crippen molar-refractivity contribution in [3.05, 3.63) is 33.2 Å². The molecular weight excluding hydrogens is 322 g/mol. The Kier molecular flexibility index (Phi) is 6.98. The van der Waals surface area contributed by atoms with Gasteiger partial charge < -0.3 is 14.1 Å². The van der Waals surface area contributed by atoms with Gasteiger partial charge in [-0.15, -0.1) is 0 Å². The molecule has 0 aliphatic carbocycles. The van der Waals surface area contributed by atoms with E-state index in [4.69, 9.17) is 9.16 Å². The summed E-state index contributed by atoms with van der Waals surface area (Å²) in [5, 5.41) is 0.170. The quantitative estimate of drug-likeness (QED) is 0.460. The van der Waals surface area contributed by atoms with Gasteiger partial charge in [-0.05, 0) is 50.4 Å². The molecule has 0 fully saturated rings. The number of carbonyl (C=O) groups is 1. The van der Waals surface area contributed by atoms with Crippen molar-refractivity contribution in [3.63, 3.8) is 0 Å². The number of aromatic amines is 1. The topological polar surface area (TPSA) is 68.4 Å². The second kappa shape index (κ2) is 8.12. The molecule has 0 aliphatic heterocycles. The van der Waals surface area contributed by atoms with Crippen LogP contribution in [0.25, 0.3) is 0 Å². The fraction of sp³-hybridized carbons (Fsp3) is 0.667. The van der Waals surface area contributed by atoms with Gasteiger partial charge in [0.15, 0.2) is 8.32 Å². The molecule has 0 radical (unpaired) electrons. The highest BCUT2D eigenvalue weighted by atomic mass is 28.4. The van der Waals surface area contributed by atoms with E-state index < -0.39 is 14.3 Å². The molecule has 0 aromatic carbocycles. The van der Waals surface area contributed by atoms with Gasteiger partial charge in [0.1, 0.15) is 0 Å². The van der Waals surface area contributed by atoms with Crippen molar-refractivity contribution >= 4 is 14.3 Å². The number of H-pyrrole nitrogens is 1. The molecule has 24 heavy (non-hydrogen) atoms. The van der Waals surface area contributed by atoms with Crippen LogP contribution >= 0.6 is 0 Å². The molecular formula is C18H31NO4Si. The van der Waals surface area contributed by atoms with E-state index in [0.29, 0.717) is 30.8 Å². The zero-order valence-corrected chi connectivity index (χ0v) is 17.0. The van der Waals surface area contributed by atoms with Crippen LogP contribution in [0.3, 0.4) is 0 Å². The Morgan fingerprint density at radius 1 is 1.29 bits per heavy atom. The zero-order chi connectivity index (χ0) is 18.5. The normalized spacial score (nSPS) is 12.3. The molecule has 1 N–H and O–H groups in total. The van der Waals surface area contributed by atoms with E-state index in [1.165, 1.54) is 6.20 Å². The Hall–Kier alpha value is -1.40. The van der Waals surface area contributed by atoms with Gasteiger partial charge in [0.05, 0.1) is 12.2 Å². The molecule has 0 atom stereocenters. The van der Waals surface area contributed by atoms with E-state index in [2.05, 4.69) is 38.8 Å². The number of hydrogen-bond donors (Lipinski definition) is 1. The van der Waals surface area contributed by atoms with Crippen LogP contribution in [0.15, 0.2) is 11.0 Å². The highest BCUT2D eigenvalue weighted by Crippen LogP contribution is 2.36. The highest BCUT2D eigenvalue weighted by molar-refractivity contribution is 6.74. The van der Waals surface area contributed by atoms with Crippen molar-refractivity contribution in [1.29, 1.82) is 0 Å². The van der Waals surface area contributed by atoms with Crippen molar-refractivity contribution in [2.24, 2.45) is 0 Å². The van der Waals surface area contributed by atoms with Crippen molar-refractivity contribution in [2.75, 3.05) is 13.2 Å². The maximum Gasteiger partial charge on any atom is 0.339 e. The molecule has 0 saturated heterocycles. The fourth-order valence-electron chi connectivity index (χ4n) is 2.18. The number of aromatic nitrogens is 1. The van der Waals surface area contributed by atoms with Crippen molar-refractivity contribution in [1.82, 2.24) is 4.98 Å². The largest absolute Gasteiger partial charge is 0.462 e. The summed E-state index contributed by atoms with van der Waals surface area (Å²) in [7, 11) is -1.78. The lowest BCUT2D eigenvalue weighted by Gasteiger charge is -2.36. The van der Waals surface area contributed by atoms with Gasteiger partial charge in [-0.25, -0.2) is 4.79 Å². The molecule has 6 heteroatoms. The first-order chi connectivity index (χ1) is 11.0. The monoisotopic (exact) mass is 353 g/mol. The SMILES string of the molecule is CCOC(=O)c1c[nH]c(=O)c(C)c1CCCO[Si](C)(C)C(C)(C)C. The minimum atomic E-state index is -1.78. The maximum atomic E-state index is 12.1. The summed E-state index contributed by atoms with van der Waals surface area (Å²) in [6, 6.07) is 0. The first-order valence-electron chi connectivity index (χ1n) is 8.53. The second-order valence-corrected chi connectivity index (χ2v) is 12.4. The third-order valence-electron chi connectivity index (χ3n) is 4.80. The number of rotatable bonds is 7. The zero-order valence-electron chi connectivity index (χ0n) is 16.0. The molecule has 0 amide bonds. The Bertz CT molecular complexity index is 629. The molecule has 1 aromatic heterocycles. The summed E-state index contributed by atoms with van der Waals surface area (Å²) in [6.45, 7) is 15.5. The van der Waals surface area contributed by atoms with Gasteiger partial charge in [0, 0.05) is 18.4 Å². The van der Waals surface area contributed by atoms with Crippen LogP contribution in [0.2, 0.25) is 18.1 Å². The Balaban J connectivity index is 2.83. The van der Waals surface area contributed by atoms with Gasteiger partial charge in [0.25, 0.3) is 5.56 Å². The van der Waals surface area contributed by atoms with E-state index in [1.54, 1.807) is 13.8 Å². The molecule has 0 unspecified atom stereocenters. The van der Waals surface area contributed by atoms with Gasteiger partial charge in [-0.1, -0.05) is 20.8 Å². The number of nitrogens with one attached hydrogen (secondary N) is 1. The molecule has 0 bridgehead atoms. The average Bonchev–Trinajstić information content (AvgIpc) is 2.46. The lowest BCUT2D eigenvalue weighted by atomic mass is 10.0. The average molecular weight is 354 g/mol. The molecule has 1 aromatic rings. The van der Waals surface area contributed by atoms with E-state index >= 15 is 0 Å². The first kappa shape index (κ1) is 20.6. The third-order valence-corrected chi connectivity index (χ3v) is 9.34. The molecule has 1 heterocycles. The van der Waals surface area contributed by atoms with Crippen LogP contribution in [-0.4, -0.2) is 32.5 Å². The third kappa shape index (κ3) is 5.04. The smallest absolute Gasteiger partial charge is 0.339 e. The Morgan fingerprint density at radius 2 is 1.92 bits per heavy atom. The molecule has 5 nitrogen and oxygen atoms in total. The molecule has 0 spiro atoms. The Morgan fingerprint density at radius 3 is 2.46 bits per heavy atom. The van der Waals surface area contributed by atoms with Crippen LogP contribution in [0.5, 0.6) is 0 Å². The predicted octanol–water partition coefficient (Wildman–Crippen LogP) is 3.81. The van der Waals surface area contributed by atoms with Gasteiger partial charge >= 0.3 is 5.97 Å². The lowest BCUT2D eigenvalue weighted by Crippen LogP contribution is -2.41. The van der Waals surface area contributed by atoms with Gasteiger partial charge in [-0.3, -0.25) is 4.79 Å². The molecule has 0 saturated carbocycles. The minimum absolute atomic E-state index is 0.164. The van der Waals surface area contributed by atoms with E-state index in [-0.39, 0.29) is 10.6 Å². The van der Waals surface area contributed by atoms with Crippen molar-refractivity contribution in [3.8, 4) is 0 Å². The van der Waals surface area contributed by atoms with E-state index in [1.807, 2.05) is 0 Å². The van der Waals surface area contributed by atoms with Gasteiger partial charge in [0.2, 0.25) is 0 Å². The van der Waals surface area contributed by atoms with Crippen LogP contribution in [-0.2, 0) is 15.6 Å². The van der Waals surface area contributed by atoms with E-state index in [9.17, 15) is 9.59 Å². The van der Waals surface area contributed by atoms with Gasteiger partial charge in [-0.2, -0.15) is 0 Å². The number of carbonyl (C=O) groups excluding carboxylic acids is 1. The fourth-order valence-corrected chi connectivity index (χ4v) is 3.27. The van der Waals surface area contributed by atoms with E-state index in [0.717, 1.165) is 12.0 Å². The van der Waals surface area contributed by atoms with Crippen molar-refractivity contribution in [2.45, 2.75) is 65.6 Å². The van der Waals surface area contributed by atoms with Crippen LogP contribution in [0.4, 0.5) is 0 Å². The predicted molar refractivity (Wildman–Crippen MR) is 99.2 cm³/mol. The highest BCUT2D eigenvalue weighted by Gasteiger charge is 2.36. The second-order valence-electron chi connectivity index (χ2n) is 7.57. The summed E-state index contributed by atoms with van der Waals surface area (Å²) in [4.78, 5) is 26.5. The maximum absolute atomic E-state index is 12.1. The number of ether oxygens (including phenoxy) is 1. The summed E-state index contributed by atoms with van der Waals surface area (Å²) >= 11 is 0.